The third kappa shape index (κ3) is 3.55. The molecule has 0 fully saturated rings. The van der Waals surface area contributed by atoms with Crippen molar-refractivity contribution in [2.75, 3.05) is 6.54 Å². The van der Waals surface area contributed by atoms with Gasteiger partial charge in [-0.25, -0.2) is 9.37 Å². The van der Waals surface area contributed by atoms with Gasteiger partial charge in [0.1, 0.15) is 16.8 Å². The predicted molar refractivity (Wildman–Crippen MR) is 74.4 cm³/mol. The highest BCUT2D eigenvalue weighted by Gasteiger charge is 2.10. The second-order valence-electron chi connectivity index (χ2n) is 4.49. The summed E-state index contributed by atoms with van der Waals surface area (Å²) in [6.45, 7) is 4.32. The van der Waals surface area contributed by atoms with Crippen molar-refractivity contribution in [3.8, 4) is 0 Å². The molecule has 0 saturated heterocycles. The Labute approximate surface area is 117 Å². The Bertz CT molecular complexity index is 553. The monoisotopic (exact) mass is 281 g/mol. The number of hydrogen-bond acceptors (Lipinski definition) is 2. The van der Waals surface area contributed by atoms with E-state index in [9.17, 15) is 4.39 Å². The van der Waals surface area contributed by atoms with Crippen molar-refractivity contribution >= 4 is 11.6 Å². The van der Waals surface area contributed by atoms with Gasteiger partial charge in [0.25, 0.3) is 0 Å². The van der Waals surface area contributed by atoms with Crippen LogP contribution in [0.1, 0.15) is 18.3 Å². The minimum absolute atomic E-state index is 0.200. The first kappa shape index (κ1) is 14.0. The molecule has 1 aromatic heterocycles. The number of hydrogen-bond donors (Lipinski definition) is 0. The lowest BCUT2D eigenvalue weighted by Gasteiger charge is -2.20. The van der Waals surface area contributed by atoms with E-state index in [1.54, 1.807) is 18.3 Å². The van der Waals surface area contributed by atoms with Crippen LogP contribution >= 0.6 is 11.6 Å². The molecule has 0 aliphatic rings. The minimum atomic E-state index is -0.200. The zero-order chi connectivity index (χ0) is 13.8. The molecule has 0 radical (unpaired) electrons. The van der Waals surface area contributed by atoms with Crippen LogP contribution in [0.25, 0.3) is 0 Å². The van der Waals surface area contributed by atoms with E-state index in [0.29, 0.717) is 18.2 Å². The van der Waals surface area contributed by atoms with Gasteiger partial charge >= 0.3 is 0 Å². The Morgan fingerprint density at radius 2 is 2.16 bits per heavy atom. The van der Waals surface area contributed by atoms with Crippen LogP contribution in [0.3, 0.4) is 0 Å². The lowest BCUT2D eigenvalue weighted by Crippen LogP contribution is -2.24. The summed E-state index contributed by atoms with van der Waals surface area (Å²) in [7, 11) is 1.89. The molecule has 2 aromatic rings. The highest BCUT2D eigenvalue weighted by atomic mass is 35.5. The van der Waals surface area contributed by atoms with Gasteiger partial charge in [-0.15, -0.1) is 0 Å². The minimum Gasteiger partial charge on any atom is -0.321 e. The van der Waals surface area contributed by atoms with Gasteiger partial charge in [0.15, 0.2) is 0 Å². The molecule has 2 rings (SSSR count). The Balaban J connectivity index is 2.07. The van der Waals surface area contributed by atoms with Crippen LogP contribution < -0.4 is 0 Å². The number of nitrogens with zero attached hydrogens (tertiary/aromatic N) is 3. The van der Waals surface area contributed by atoms with Crippen molar-refractivity contribution < 1.29 is 4.39 Å². The highest BCUT2D eigenvalue weighted by Crippen LogP contribution is 2.13. The van der Waals surface area contributed by atoms with Gasteiger partial charge in [0.05, 0.1) is 12.7 Å². The molecule has 102 valence electrons. The summed E-state index contributed by atoms with van der Waals surface area (Å²) in [5.74, 6) is 0.705. The van der Waals surface area contributed by atoms with Gasteiger partial charge in [-0.05, 0) is 24.2 Å². The summed E-state index contributed by atoms with van der Waals surface area (Å²) in [6.07, 6.45) is 1.65. The smallest absolute Gasteiger partial charge is 0.128 e. The van der Waals surface area contributed by atoms with Crippen molar-refractivity contribution in [2.24, 2.45) is 7.05 Å². The maximum Gasteiger partial charge on any atom is 0.128 e. The maximum absolute atomic E-state index is 13.2. The summed E-state index contributed by atoms with van der Waals surface area (Å²) in [4.78, 5) is 6.47. The molecule has 19 heavy (non-hydrogen) atoms. The van der Waals surface area contributed by atoms with Crippen LogP contribution in [0.15, 0.2) is 30.5 Å². The second kappa shape index (κ2) is 6.17. The average Bonchev–Trinajstić information content (AvgIpc) is 2.70. The van der Waals surface area contributed by atoms with E-state index in [4.69, 9.17) is 11.6 Å². The molecular weight excluding hydrogens is 265 g/mol. The SMILES string of the molecule is CCN(Cc1cccc(F)c1)Cc1ncc(Cl)n1C. The van der Waals surface area contributed by atoms with E-state index in [2.05, 4.69) is 16.8 Å². The van der Waals surface area contributed by atoms with Gasteiger partial charge in [-0.3, -0.25) is 4.90 Å². The lowest BCUT2D eigenvalue weighted by atomic mass is 10.2. The van der Waals surface area contributed by atoms with E-state index in [-0.39, 0.29) is 5.82 Å². The number of benzene rings is 1. The molecule has 1 heterocycles. The summed E-state index contributed by atoms with van der Waals surface area (Å²) in [5.41, 5.74) is 0.960. The Morgan fingerprint density at radius 1 is 1.37 bits per heavy atom. The molecule has 1 aromatic carbocycles. The molecule has 5 heteroatoms. The third-order valence-corrected chi connectivity index (χ3v) is 3.49. The molecule has 0 N–H and O–H groups in total. The van der Waals surface area contributed by atoms with E-state index in [0.717, 1.165) is 17.9 Å². The topological polar surface area (TPSA) is 21.1 Å². The molecule has 0 atom stereocenters. The number of aromatic nitrogens is 2. The summed E-state index contributed by atoms with van der Waals surface area (Å²) in [6, 6.07) is 6.68. The molecule has 0 amide bonds. The molecule has 3 nitrogen and oxygen atoms in total. The zero-order valence-corrected chi connectivity index (χ0v) is 11.9. The van der Waals surface area contributed by atoms with Gasteiger partial charge in [-0.1, -0.05) is 30.7 Å². The van der Waals surface area contributed by atoms with Crippen molar-refractivity contribution in [2.45, 2.75) is 20.0 Å². The molecule has 0 aliphatic heterocycles. The van der Waals surface area contributed by atoms with Gasteiger partial charge in [-0.2, -0.15) is 0 Å². The predicted octanol–water partition coefficient (Wildman–Crippen LogP) is 3.23. The normalized spacial score (nSPS) is 11.2. The lowest BCUT2D eigenvalue weighted by molar-refractivity contribution is 0.261. The van der Waals surface area contributed by atoms with E-state index >= 15 is 0 Å². The van der Waals surface area contributed by atoms with Crippen LogP contribution in [0.2, 0.25) is 5.15 Å². The van der Waals surface area contributed by atoms with Crippen molar-refractivity contribution in [1.29, 1.82) is 0 Å². The molecular formula is C14H17ClFN3. The van der Waals surface area contributed by atoms with Crippen LogP contribution in [0, 0.1) is 5.82 Å². The number of imidazole rings is 1. The van der Waals surface area contributed by atoms with Crippen molar-refractivity contribution in [1.82, 2.24) is 14.5 Å². The van der Waals surface area contributed by atoms with E-state index < -0.39 is 0 Å². The summed E-state index contributed by atoms with van der Waals surface area (Å²) < 4.78 is 15.0. The van der Waals surface area contributed by atoms with Gasteiger partial charge in [0, 0.05) is 13.6 Å². The fourth-order valence-electron chi connectivity index (χ4n) is 1.94. The third-order valence-electron chi connectivity index (χ3n) is 3.14. The number of rotatable bonds is 5. The summed E-state index contributed by atoms with van der Waals surface area (Å²) in [5, 5.41) is 0.622. The molecule has 0 spiro atoms. The average molecular weight is 282 g/mol. The van der Waals surface area contributed by atoms with Crippen LogP contribution in [-0.2, 0) is 20.1 Å². The molecule has 0 bridgehead atoms. The standard InChI is InChI=1S/C14H17ClFN3/c1-3-19(9-11-5-4-6-12(16)7-11)10-14-17-8-13(15)18(14)2/h4-8H,3,9-10H2,1-2H3. The Hall–Kier alpha value is -1.39. The van der Waals surface area contributed by atoms with Crippen LogP contribution in [0.4, 0.5) is 4.39 Å². The first-order valence-electron chi connectivity index (χ1n) is 6.23. The summed E-state index contributed by atoms with van der Waals surface area (Å²) >= 11 is 5.97. The van der Waals surface area contributed by atoms with Crippen molar-refractivity contribution in [3.05, 3.63) is 52.8 Å². The Kier molecular flexibility index (Phi) is 4.56. The van der Waals surface area contributed by atoms with Crippen LogP contribution in [0.5, 0.6) is 0 Å². The van der Waals surface area contributed by atoms with E-state index in [1.165, 1.54) is 6.07 Å². The molecule has 0 aliphatic carbocycles. The molecule has 0 saturated carbocycles. The van der Waals surface area contributed by atoms with Crippen LogP contribution in [-0.4, -0.2) is 21.0 Å². The molecule has 0 unspecified atom stereocenters. The zero-order valence-electron chi connectivity index (χ0n) is 11.1. The van der Waals surface area contributed by atoms with E-state index in [1.807, 2.05) is 17.7 Å². The van der Waals surface area contributed by atoms with Gasteiger partial charge in [0.2, 0.25) is 0 Å². The maximum atomic E-state index is 13.2. The largest absolute Gasteiger partial charge is 0.321 e. The fraction of sp³-hybridized carbons (Fsp3) is 0.357. The van der Waals surface area contributed by atoms with Gasteiger partial charge < -0.3 is 4.57 Å². The van der Waals surface area contributed by atoms with Crippen molar-refractivity contribution in [3.63, 3.8) is 0 Å². The Morgan fingerprint density at radius 3 is 2.74 bits per heavy atom. The highest BCUT2D eigenvalue weighted by molar-refractivity contribution is 6.29. The second-order valence-corrected chi connectivity index (χ2v) is 4.88. The first-order chi connectivity index (χ1) is 9.10. The number of halogens is 2. The fourth-order valence-corrected chi connectivity index (χ4v) is 2.09. The first-order valence-corrected chi connectivity index (χ1v) is 6.61. The quantitative estimate of drug-likeness (QED) is 0.839.